The zero-order valence-corrected chi connectivity index (χ0v) is 13.6. The van der Waals surface area contributed by atoms with Crippen LogP contribution in [0.25, 0.3) is 39.1 Å². The van der Waals surface area contributed by atoms with E-state index in [0.29, 0.717) is 0 Å². The van der Waals surface area contributed by atoms with E-state index in [2.05, 4.69) is 38.9 Å². The van der Waals surface area contributed by atoms with Crippen molar-refractivity contribution in [1.29, 1.82) is 0 Å². The molecule has 0 aliphatic rings. The van der Waals surface area contributed by atoms with Crippen LogP contribution in [0, 0.1) is 6.92 Å². The molecule has 0 saturated heterocycles. The van der Waals surface area contributed by atoms with Gasteiger partial charge in [0.15, 0.2) is 5.65 Å². The Hall–Kier alpha value is -3.47. The van der Waals surface area contributed by atoms with Crippen molar-refractivity contribution in [3.63, 3.8) is 0 Å². The van der Waals surface area contributed by atoms with E-state index in [1.54, 1.807) is 6.20 Å². The fraction of sp³-hybridized carbons (Fsp3) is 0.0500. The lowest BCUT2D eigenvalue weighted by Crippen LogP contribution is -1.92. The van der Waals surface area contributed by atoms with Crippen LogP contribution in [0.15, 0.2) is 67.0 Å². The van der Waals surface area contributed by atoms with E-state index in [9.17, 15) is 0 Å². The quantitative estimate of drug-likeness (QED) is 0.528. The molecule has 0 atom stereocenters. The molecule has 0 radical (unpaired) electrons. The summed E-state index contributed by atoms with van der Waals surface area (Å²) >= 11 is 0. The number of nitrogens with one attached hydrogen (secondary N) is 1. The Labute approximate surface area is 144 Å². The van der Waals surface area contributed by atoms with Crippen molar-refractivity contribution in [3.8, 4) is 22.5 Å². The van der Waals surface area contributed by atoms with Crippen LogP contribution in [-0.4, -0.2) is 24.6 Å². The SMILES string of the molecule is Cc1nc(-c2nc3[nH]ncc3cc2-c2ccccc2)c2ccccn12. The van der Waals surface area contributed by atoms with E-state index in [1.807, 2.05) is 43.5 Å². The standard InChI is InChI=1S/C20H15N5/c1-13-22-19(17-9-5-6-10-25(13)17)18-16(14-7-3-2-4-8-14)11-15-12-21-24-20(15)23-18/h2-12H,1H3,(H,21,23,24). The third-order valence-corrected chi connectivity index (χ3v) is 4.46. The average molecular weight is 325 g/mol. The lowest BCUT2D eigenvalue weighted by Gasteiger charge is -2.08. The predicted octanol–water partition coefficient (Wildman–Crippen LogP) is 4.25. The second kappa shape index (κ2) is 5.27. The van der Waals surface area contributed by atoms with Crippen LogP contribution in [0.3, 0.4) is 0 Å². The minimum Gasteiger partial charge on any atom is -0.303 e. The zero-order chi connectivity index (χ0) is 16.8. The van der Waals surface area contributed by atoms with Gasteiger partial charge in [-0.25, -0.2) is 9.97 Å². The average Bonchev–Trinajstić information content (AvgIpc) is 3.26. The number of aryl methyl sites for hydroxylation is 1. The lowest BCUT2D eigenvalue weighted by molar-refractivity contribution is 1.04. The predicted molar refractivity (Wildman–Crippen MR) is 98.2 cm³/mol. The zero-order valence-electron chi connectivity index (χ0n) is 13.6. The summed E-state index contributed by atoms with van der Waals surface area (Å²) < 4.78 is 2.09. The fourth-order valence-electron chi connectivity index (χ4n) is 3.26. The Morgan fingerprint density at radius 2 is 1.76 bits per heavy atom. The smallest absolute Gasteiger partial charge is 0.155 e. The van der Waals surface area contributed by atoms with Gasteiger partial charge in [0.1, 0.15) is 17.2 Å². The maximum Gasteiger partial charge on any atom is 0.155 e. The van der Waals surface area contributed by atoms with Gasteiger partial charge < -0.3 is 4.40 Å². The molecule has 5 aromatic rings. The number of H-pyrrole nitrogens is 1. The number of hydrogen-bond acceptors (Lipinski definition) is 3. The molecule has 0 aliphatic carbocycles. The second-order valence-corrected chi connectivity index (χ2v) is 6.02. The molecule has 5 heteroatoms. The highest BCUT2D eigenvalue weighted by molar-refractivity contribution is 5.92. The maximum absolute atomic E-state index is 4.85. The van der Waals surface area contributed by atoms with Crippen molar-refractivity contribution in [2.24, 2.45) is 0 Å². The van der Waals surface area contributed by atoms with Gasteiger partial charge in [0, 0.05) is 17.1 Å². The number of fused-ring (bicyclic) bond motifs is 2. The summed E-state index contributed by atoms with van der Waals surface area (Å²) in [5.41, 5.74) is 5.72. The summed E-state index contributed by atoms with van der Waals surface area (Å²) in [6.45, 7) is 2.01. The Kier molecular flexibility index (Phi) is 2.94. The van der Waals surface area contributed by atoms with Gasteiger partial charge in [-0.15, -0.1) is 0 Å². The third kappa shape index (κ3) is 2.13. The molecule has 0 saturated carbocycles. The van der Waals surface area contributed by atoms with E-state index < -0.39 is 0 Å². The monoisotopic (exact) mass is 325 g/mol. The number of nitrogens with zero attached hydrogens (tertiary/aromatic N) is 4. The summed E-state index contributed by atoms with van der Waals surface area (Å²) in [6, 6.07) is 18.5. The first-order valence-corrected chi connectivity index (χ1v) is 8.15. The van der Waals surface area contributed by atoms with Crippen molar-refractivity contribution in [1.82, 2.24) is 24.6 Å². The molecule has 25 heavy (non-hydrogen) atoms. The molecule has 0 amide bonds. The molecular formula is C20H15N5. The van der Waals surface area contributed by atoms with Crippen molar-refractivity contribution in [2.75, 3.05) is 0 Å². The van der Waals surface area contributed by atoms with E-state index in [4.69, 9.17) is 9.97 Å². The Morgan fingerprint density at radius 3 is 2.64 bits per heavy atom. The van der Waals surface area contributed by atoms with Gasteiger partial charge in [-0.1, -0.05) is 36.4 Å². The van der Waals surface area contributed by atoms with Crippen LogP contribution in [-0.2, 0) is 0 Å². The first-order valence-electron chi connectivity index (χ1n) is 8.15. The van der Waals surface area contributed by atoms with E-state index in [1.165, 1.54) is 0 Å². The summed E-state index contributed by atoms with van der Waals surface area (Å²) in [4.78, 5) is 9.65. The van der Waals surface area contributed by atoms with Crippen LogP contribution in [0.2, 0.25) is 0 Å². The van der Waals surface area contributed by atoms with E-state index in [-0.39, 0.29) is 0 Å². The molecule has 1 aromatic carbocycles. The summed E-state index contributed by atoms with van der Waals surface area (Å²) in [5, 5.41) is 8.08. The molecule has 4 aromatic heterocycles. The number of aromatic amines is 1. The van der Waals surface area contributed by atoms with Crippen molar-refractivity contribution >= 4 is 16.6 Å². The summed E-state index contributed by atoms with van der Waals surface area (Å²) in [5.74, 6) is 0.941. The molecule has 0 unspecified atom stereocenters. The van der Waals surface area contributed by atoms with E-state index in [0.717, 1.165) is 44.9 Å². The lowest BCUT2D eigenvalue weighted by atomic mass is 10.0. The minimum absolute atomic E-state index is 0.768. The largest absolute Gasteiger partial charge is 0.303 e. The second-order valence-electron chi connectivity index (χ2n) is 6.02. The Morgan fingerprint density at radius 1 is 0.920 bits per heavy atom. The molecule has 0 fully saturated rings. The number of rotatable bonds is 2. The van der Waals surface area contributed by atoms with Crippen molar-refractivity contribution in [3.05, 3.63) is 72.8 Å². The van der Waals surface area contributed by atoms with Crippen molar-refractivity contribution < 1.29 is 0 Å². The number of aromatic nitrogens is 5. The van der Waals surface area contributed by atoms with Crippen LogP contribution in [0.5, 0.6) is 0 Å². The molecule has 5 nitrogen and oxygen atoms in total. The molecule has 0 bridgehead atoms. The van der Waals surface area contributed by atoms with E-state index >= 15 is 0 Å². The normalized spacial score (nSPS) is 11.4. The molecular weight excluding hydrogens is 310 g/mol. The minimum atomic E-state index is 0.768. The van der Waals surface area contributed by atoms with Gasteiger partial charge in [0.05, 0.1) is 11.7 Å². The van der Waals surface area contributed by atoms with Crippen LogP contribution in [0.4, 0.5) is 0 Å². The number of imidazole rings is 1. The van der Waals surface area contributed by atoms with Crippen LogP contribution >= 0.6 is 0 Å². The molecule has 1 N–H and O–H groups in total. The summed E-state index contributed by atoms with van der Waals surface area (Å²) in [6.07, 6.45) is 3.83. The fourth-order valence-corrected chi connectivity index (χ4v) is 3.26. The van der Waals surface area contributed by atoms with Gasteiger partial charge in [-0.2, -0.15) is 5.10 Å². The highest BCUT2D eigenvalue weighted by Gasteiger charge is 2.17. The third-order valence-electron chi connectivity index (χ3n) is 4.46. The summed E-state index contributed by atoms with van der Waals surface area (Å²) in [7, 11) is 0. The molecule has 0 spiro atoms. The van der Waals surface area contributed by atoms with Gasteiger partial charge in [0.2, 0.25) is 0 Å². The highest BCUT2D eigenvalue weighted by Crippen LogP contribution is 2.34. The molecule has 5 rings (SSSR count). The first kappa shape index (κ1) is 13.9. The van der Waals surface area contributed by atoms with Crippen LogP contribution in [0.1, 0.15) is 5.82 Å². The maximum atomic E-state index is 4.85. The first-order chi connectivity index (χ1) is 12.3. The molecule has 0 aliphatic heterocycles. The topological polar surface area (TPSA) is 58.9 Å². The number of hydrogen-bond donors (Lipinski definition) is 1. The van der Waals surface area contributed by atoms with Gasteiger partial charge in [0.25, 0.3) is 0 Å². The van der Waals surface area contributed by atoms with Crippen LogP contribution < -0.4 is 0 Å². The van der Waals surface area contributed by atoms with Crippen molar-refractivity contribution in [2.45, 2.75) is 6.92 Å². The Bertz CT molecular complexity index is 1200. The molecule has 120 valence electrons. The molecule has 4 heterocycles. The van der Waals surface area contributed by atoms with Gasteiger partial charge >= 0.3 is 0 Å². The van der Waals surface area contributed by atoms with Gasteiger partial charge in [-0.3, -0.25) is 5.10 Å². The number of pyridine rings is 2. The number of benzene rings is 1. The Balaban J connectivity index is 1.88. The van der Waals surface area contributed by atoms with Gasteiger partial charge in [-0.05, 0) is 30.7 Å². The highest BCUT2D eigenvalue weighted by atomic mass is 15.1.